The Kier molecular flexibility index (Phi) is 14.0. The number of nitrogens with one attached hydrogen (secondary N) is 1. The number of rotatable bonds is 10. The first-order chi connectivity index (χ1) is 36.8. The number of aromatic hydroxyl groups is 1. The van der Waals surface area contributed by atoms with Crippen LogP contribution in [0.25, 0.3) is 43.8 Å². The lowest BCUT2D eigenvalue weighted by atomic mass is 9.65. The number of anilines is 1. The summed E-state index contributed by atoms with van der Waals surface area (Å²) in [7, 11) is 3.41. The maximum Gasteiger partial charge on any atom is 0.409 e. The van der Waals surface area contributed by atoms with E-state index in [1.165, 1.54) is 36.9 Å². The zero-order chi connectivity index (χ0) is 52.9. The highest BCUT2D eigenvalue weighted by molar-refractivity contribution is 6.03. The lowest BCUT2D eigenvalue weighted by molar-refractivity contribution is -0.125. The number of likely N-dealkylation sites (tertiary alicyclic amines) is 1. The number of phenolic OH excluding ortho intramolecular Hbond substituents is 1. The lowest BCUT2D eigenvalue weighted by Gasteiger charge is -2.52. The van der Waals surface area contributed by atoms with Crippen LogP contribution in [0.1, 0.15) is 118 Å². The fraction of sp³-hybridized carbons (Fsp3) is 0.500. The van der Waals surface area contributed by atoms with Gasteiger partial charge in [-0.1, -0.05) is 31.0 Å². The summed E-state index contributed by atoms with van der Waals surface area (Å²) in [6.45, 7) is 8.17. The number of carbonyl (C=O) groups excluding carboxylic acids is 3. The molecule has 0 bridgehead atoms. The third kappa shape index (κ3) is 9.43. The van der Waals surface area contributed by atoms with Crippen molar-refractivity contribution in [2.75, 3.05) is 64.6 Å². The molecular weight excluding hydrogens is 973 g/mol. The number of methoxy groups -OCH3 is 1. The van der Waals surface area contributed by atoms with Gasteiger partial charge >= 0.3 is 12.1 Å². The van der Waals surface area contributed by atoms with E-state index in [9.17, 15) is 23.9 Å². The van der Waals surface area contributed by atoms with Crippen LogP contribution >= 0.6 is 0 Å². The highest BCUT2D eigenvalue weighted by Gasteiger charge is 2.48. The average molecular weight is 1040 g/mol. The fourth-order valence-corrected chi connectivity index (χ4v) is 13.3. The SMILES string of the molecule is C#Cc1c(F)ccc2cc(O)cc(-c3nc4c5c(nc(OCC67CCCN6CCC7)nc5c3F)N3CCCOCC3CC4)c12.COC(=O)N1CC2(CCC(c3ccc4c(C(C)CCC(=O)NC=O)nn(C)c4c3)CC2)C1. The minimum atomic E-state index is -0.692. The number of nitrogens with zero attached hydrogens (tertiary/aromatic N) is 8. The highest BCUT2D eigenvalue weighted by Crippen LogP contribution is 2.49. The van der Waals surface area contributed by atoms with Gasteiger partial charge in [0, 0.05) is 67.4 Å². The Morgan fingerprint density at radius 2 is 1.79 bits per heavy atom. The quantitative estimate of drug-likeness (QED) is 0.0984. The monoisotopic (exact) mass is 1040 g/mol. The van der Waals surface area contributed by atoms with Crippen molar-refractivity contribution in [3.8, 4) is 35.4 Å². The number of benzene rings is 3. The number of imide groups is 1. The maximum atomic E-state index is 17.0. The van der Waals surface area contributed by atoms with E-state index >= 15 is 4.39 Å². The molecule has 0 radical (unpaired) electrons. The summed E-state index contributed by atoms with van der Waals surface area (Å²) >= 11 is 0. The number of hydrogen-bond donors (Lipinski definition) is 2. The van der Waals surface area contributed by atoms with Gasteiger partial charge in [0.1, 0.15) is 35.2 Å². The van der Waals surface area contributed by atoms with Crippen molar-refractivity contribution in [3.63, 3.8) is 0 Å². The van der Waals surface area contributed by atoms with Gasteiger partial charge in [-0.05, 0) is 131 Å². The summed E-state index contributed by atoms with van der Waals surface area (Å²) in [5, 5.41) is 20.0. The largest absolute Gasteiger partial charge is 0.508 e. The summed E-state index contributed by atoms with van der Waals surface area (Å²) in [6.07, 6.45) is 17.9. The molecule has 1 spiro atoms. The predicted octanol–water partition coefficient (Wildman–Crippen LogP) is 8.81. The number of fused-ring (bicyclic) bond motifs is 5. The lowest BCUT2D eigenvalue weighted by Crippen LogP contribution is -2.59. The molecule has 2 N–H and O–H groups in total. The molecule has 1 aliphatic carbocycles. The third-order valence-electron chi connectivity index (χ3n) is 17.4. The second kappa shape index (κ2) is 20.9. The van der Waals surface area contributed by atoms with E-state index in [-0.39, 0.29) is 69.0 Å². The van der Waals surface area contributed by atoms with Crippen molar-refractivity contribution in [1.29, 1.82) is 0 Å². The van der Waals surface area contributed by atoms with Crippen molar-refractivity contribution in [3.05, 3.63) is 76.6 Å². The smallest absolute Gasteiger partial charge is 0.409 e. The zero-order valence-electron chi connectivity index (χ0n) is 43.5. The Hall–Kier alpha value is -6.97. The highest BCUT2D eigenvalue weighted by atomic mass is 19.1. The van der Waals surface area contributed by atoms with Gasteiger partial charge in [-0.25, -0.2) is 18.6 Å². The molecule has 3 aromatic carbocycles. The first kappa shape index (κ1) is 51.2. The summed E-state index contributed by atoms with van der Waals surface area (Å²) < 4.78 is 50.9. The van der Waals surface area contributed by atoms with E-state index in [2.05, 4.69) is 46.2 Å². The van der Waals surface area contributed by atoms with Crippen molar-refractivity contribution in [2.45, 2.75) is 114 Å². The Labute approximate surface area is 440 Å². The number of aromatic nitrogens is 5. The van der Waals surface area contributed by atoms with E-state index in [0.29, 0.717) is 85.6 Å². The molecule has 4 saturated heterocycles. The van der Waals surface area contributed by atoms with E-state index < -0.39 is 11.6 Å². The van der Waals surface area contributed by atoms with Gasteiger partial charge in [0.15, 0.2) is 5.82 Å². The van der Waals surface area contributed by atoms with Crippen LogP contribution in [0.15, 0.2) is 42.5 Å². The Morgan fingerprint density at radius 1 is 1.00 bits per heavy atom. The number of hydrogen-bond acceptors (Lipinski definition) is 13. The van der Waals surface area contributed by atoms with Crippen molar-refractivity contribution >= 4 is 56.8 Å². The second-order valence-electron chi connectivity index (χ2n) is 22.0. The van der Waals surface area contributed by atoms with E-state index in [0.717, 1.165) is 107 Å². The van der Waals surface area contributed by atoms with Crippen molar-refractivity contribution in [1.82, 2.24) is 39.8 Å². The molecule has 12 rings (SSSR count). The van der Waals surface area contributed by atoms with Crippen LogP contribution in [-0.4, -0.2) is 129 Å². The number of phenols is 1. The molecule has 16 nitrogen and oxygen atoms in total. The number of terminal acetylenes is 1. The van der Waals surface area contributed by atoms with Gasteiger partial charge in [-0.2, -0.15) is 15.1 Å². The Morgan fingerprint density at radius 3 is 2.54 bits per heavy atom. The molecule has 2 unspecified atom stereocenters. The Balaban J connectivity index is 0.000000171. The minimum absolute atomic E-state index is 0.0143. The molecule has 76 heavy (non-hydrogen) atoms. The topological polar surface area (TPSA) is 177 Å². The third-order valence-corrected chi connectivity index (χ3v) is 17.4. The van der Waals surface area contributed by atoms with Crippen LogP contribution in [-0.2, 0) is 32.5 Å². The molecule has 3 aromatic heterocycles. The number of halogens is 2. The van der Waals surface area contributed by atoms with Crippen LogP contribution in [0, 0.1) is 29.4 Å². The number of carbonyl (C=O) groups is 3. The van der Waals surface area contributed by atoms with Gasteiger partial charge in [-0.3, -0.25) is 24.5 Å². The number of ether oxygens (including phenoxy) is 3. The van der Waals surface area contributed by atoms with E-state index in [4.69, 9.17) is 40.7 Å². The molecule has 1 saturated carbocycles. The molecule has 2 atom stereocenters. The van der Waals surface area contributed by atoms with Gasteiger partial charge < -0.3 is 29.1 Å². The summed E-state index contributed by atoms with van der Waals surface area (Å²) in [5.74, 6) is 2.01. The normalized spacial score (nSPS) is 20.2. The number of amides is 3. The number of pyridine rings is 1. The predicted molar refractivity (Wildman–Crippen MR) is 283 cm³/mol. The van der Waals surface area contributed by atoms with Crippen molar-refractivity contribution in [2.24, 2.45) is 12.5 Å². The fourth-order valence-electron chi connectivity index (χ4n) is 13.3. The molecule has 8 heterocycles. The first-order valence-corrected chi connectivity index (χ1v) is 26.9. The molecule has 5 aliphatic heterocycles. The molecule has 3 amide bonds. The molecule has 18 heteroatoms. The second-order valence-corrected chi connectivity index (χ2v) is 22.0. The Bertz CT molecular complexity index is 3280. The van der Waals surface area contributed by atoms with Gasteiger partial charge in [0.25, 0.3) is 0 Å². The number of aryl methyl sites for hydroxylation is 2. The summed E-state index contributed by atoms with van der Waals surface area (Å²) in [4.78, 5) is 54.7. The maximum absolute atomic E-state index is 17.0. The summed E-state index contributed by atoms with van der Waals surface area (Å²) in [5.41, 5.74) is 4.58. The van der Waals surface area contributed by atoms with Gasteiger partial charge in [0.05, 0.1) is 53.2 Å². The molecule has 5 fully saturated rings. The average Bonchev–Trinajstić information content (AvgIpc) is 4.04. The van der Waals surface area contributed by atoms with Crippen LogP contribution in [0.3, 0.4) is 0 Å². The van der Waals surface area contributed by atoms with Crippen LogP contribution in [0.5, 0.6) is 11.8 Å². The van der Waals surface area contributed by atoms with Crippen LogP contribution in [0.2, 0.25) is 0 Å². The molecule has 398 valence electrons. The molecule has 6 aromatic rings. The standard InChI is InChI=1S/C34H33F2N5O3.C24H32N4O4/c1-2-23-25(35)8-6-20-16-22(42)17-24(27(20)23)30-29(36)31-28-26(37-30)9-7-21-18-43-15-5-14-41(21)32(28)39-33(38-31)44-19-34-10-3-12-40(34)13-4-11-34;1-16(4-7-21(30)25-15-29)22-19-6-5-18(12-20(19)27(2)26-22)17-8-10-24(11-9-17)13-28(14-24)23(31)32-3/h1,6,8,16-17,21,42H,3-5,7,9-15,18-19H2;5-6,12,15-17H,4,7-11,13-14H2,1-3H3,(H,25,29,30). The van der Waals surface area contributed by atoms with Crippen molar-refractivity contribution < 1.29 is 42.5 Å². The summed E-state index contributed by atoms with van der Waals surface area (Å²) in [6, 6.07) is 12.5. The van der Waals surface area contributed by atoms with Crippen LogP contribution < -0.4 is 15.0 Å². The zero-order valence-corrected chi connectivity index (χ0v) is 43.5. The van der Waals surface area contributed by atoms with Gasteiger partial charge in [-0.15, -0.1) is 6.42 Å². The molecular formula is C58H65F2N9O7. The van der Waals surface area contributed by atoms with Crippen LogP contribution in [0.4, 0.5) is 19.4 Å². The van der Waals surface area contributed by atoms with E-state index in [1.807, 2.05) is 11.7 Å². The first-order valence-electron chi connectivity index (χ1n) is 26.9. The molecule has 6 aliphatic rings. The van der Waals surface area contributed by atoms with Gasteiger partial charge in [0.2, 0.25) is 12.3 Å². The van der Waals surface area contributed by atoms with E-state index in [1.54, 1.807) is 4.90 Å². The minimum Gasteiger partial charge on any atom is -0.508 e.